The van der Waals surface area contributed by atoms with Gasteiger partial charge in [0.15, 0.2) is 0 Å². The van der Waals surface area contributed by atoms with Gasteiger partial charge in [-0.25, -0.2) is 0 Å². The van der Waals surface area contributed by atoms with Crippen LogP contribution in [0.2, 0.25) is 0 Å². The van der Waals surface area contributed by atoms with Gasteiger partial charge in [-0.2, -0.15) is 0 Å². The molecule has 1 aliphatic rings. The van der Waals surface area contributed by atoms with Crippen LogP contribution in [0.15, 0.2) is 73.3 Å². The van der Waals surface area contributed by atoms with Crippen molar-refractivity contribution in [1.29, 1.82) is 0 Å². The summed E-state index contributed by atoms with van der Waals surface area (Å²) in [6, 6.07) is 15.3. The molecule has 4 aromatic rings. The SMILES string of the molecule is CC(=O)N1C=CN(C(C)=O)[C@H](c2c[nH]c3ccccc23)[C@H]1c1c[nH]c2ccccc12. The highest BCUT2D eigenvalue weighted by Crippen LogP contribution is 2.45. The smallest absolute Gasteiger partial charge is 0.224 e. The first kappa shape index (κ1) is 18.2. The van der Waals surface area contributed by atoms with Crippen molar-refractivity contribution >= 4 is 33.6 Å². The first-order valence-corrected chi connectivity index (χ1v) is 9.94. The summed E-state index contributed by atoms with van der Waals surface area (Å²) in [5, 5.41) is 2.08. The van der Waals surface area contributed by atoms with E-state index in [0.717, 1.165) is 32.9 Å². The van der Waals surface area contributed by atoms with Crippen molar-refractivity contribution in [2.45, 2.75) is 25.9 Å². The van der Waals surface area contributed by atoms with Crippen LogP contribution in [0.4, 0.5) is 0 Å². The van der Waals surface area contributed by atoms with Gasteiger partial charge in [0.25, 0.3) is 0 Å². The maximum absolute atomic E-state index is 12.6. The van der Waals surface area contributed by atoms with Gasteiger partial charge in [-0.1, -0.05) is 36.4 Å². The number of hydrogen-bond acceptors (Lipinski definition) is 2. The van der Waals surface area contributed by atoms with Crippen molar-refractivity contribution in [2.24, 2.45) is 0 Å². The zero-order valence-electron chi connectivity index (χ0n) is 16.8. The lowest BCUT2D eigenvalue weighted by atomic mass is 9.89. The molecule has 1 aliphatic heterocycles. The Kier molecular flexibility index (Phi) is 4.20. The molecule has 2 N–H and O–H groups in total. The van der Waals surface area contributed by atoms with Crippen molar-refractivity contribution in [1.82, 2.24) is 19.8 Å². The molecular formula is C24H22N4O2. The van der Waals surface area contributed by atoms with Gasteiger partial charge in [0, 0.05) is 71.6 Å². The number of amides is 2. The van der Waals surface area contributed by atoms with E-state index in [-0.39, 0.29) is 23.9 Å². The fraction of sp³-hybridized carbons (Fsp3) is 0.167. The minimum Gasteiger partial charge on any atom is -0.361 e. The molecule has 0 unspecified atom stereocenters. The molecule has 30 heavy (non-hydrogen) atoms. The second-order valence-electron chi connectivity index (χ2n) is 7.62. The first-order chi connectivity index (χ1) is 14.6. The molecule has 2 atom stereocenters. The predicted octanol–water partition coefficient (Wildman–Crippen LogP) is 4.61. The lowest BCUT2D eigenvalue weighted by Gasteiger charge is -2.43. The summed E-state index contributed by atoms with van der Waals surface area (Å²) in [6.07, 6.45) is 7.32. The summed E-state index contributed by atoms with van der Waals surface area (Å²) in [4.78, 5) is 35.4. The molecule has 0 saturated carbocycles. The van der Waals surface area contributed by atoms with Crippen LogP contribution in [0.3, 0.4) is 0 Å². The molecule has 0 fully saturated rings. The number of carbonyl (C=O) groups excluding carboxylic acids is 2. The van der Waals surface area contributed by atoms with Crippen LogP contribution in [0.25, 0.3) is 21.8 Å². The lowest BCUT2D eigenvalue weighted by molar-refractivity contribution is -0.136. The molecule has 5 rings (SSSR count). The number of H-pyrrole nitrogens is 2. The second-order valence-corrected chi connectivity index (χ2v) is 7.62. The summed E-state index contributed by atoms with van der Waals surface area (Å²) in [5.41, 5.74) is 3.95. The van der Waals surface area contributed by atoms with E-state index in [2.05, 4.69) is 9.97 Å². The first-order valence-electron chi connectivity index (χ1n) is 9.94. The molecule has 2 amide bonds. The third kappa shape index (κ3) is 2.72. The molecule has 0 bridgehead atoms. The van der Waals surface area contributed by atoms with Crippen LogP contribution in [-0.2, 0) is 9.59 Å². The van der Waals surface area contributed by atoms with Gasteiger partial charge in [0.1, 0.15) is 0 Å². The fourth-order valence-corrected chi connectivity index (χ4v) is 4.55. The van der Waals surface area contributed by atoms with Crippen molar-refractivity contribution < 1.29 is 9.59 Å². The summed E-state index contributed by atoms with van der Waals surface area (Å²) >= 11 is 0. The Morgan fingerprint density at radius 2 is 1.10 bits per heavy atom. The number of carbonyl (C=O) groups is 2. The number of hydrogen-bond donors (Lipinski definition) is 2. The monoisotopic (exact) mass is 398 g/mol. The molecule has 0 aliphatic carbocycles. The molecule has 6 heteroatoms. The average Bonchev–Trinajstić information content (AvgIpc) is 3.36. The van der Waals surface area contributed by atoms with Gasteiger partial charge in [-0.15, -0.1) is 0 Å². The number of para-hydroxylation sites is 2. The number of nitrogens with one attached hydrogen (secondary N) is 2. The summed E-state index contributed by atoms with van der Waals surface area (Å²) in [6.45, 7) is 3.11. The highest BCUT2D eigenvalue weighted by Gasteiger charge is 2.40. The van der Waals surface area contributed by atoms with E-state index < -0.39 is 0 Å². The third-order valence-electron chi connectivity index (χ3n) is 5.89. The van der Waals surface area contributed by atoms with Gasteiger partial charge in [0.05, 0.1) is 12.1 Å². The van der Waals surface area contributed by atoms with Crippen LogP contribution in [0, 0.1) is 0 Å². The third-order valence-corrected chi connectivity index (χ3v) is 5.89. The molecule has 2 aromatic heterocycles. The van der Waals surface area contributed by atoms with E-state index >= 15 is 0 Å². The Bertz CT molecular complexity index is 1200. The molecule has 0 saturated heterocycles. The van der Waals surface area contributed by atoms with Crippen molar-refractivity contribution in [3.05, 3.63) is 84.5 Å². The Labute approximate surface area is 173 Å². The Balaban J connectivity index is 1.79. The number of benzene rings is 2. The molecule has 6 nitrogen and oxygen atoms in total. The van der Waals surface area contributed by atoms with E-state index in [1.54, 1.807) is 36.0 Å². The number of aromatic nitrogens is 2. The van der Waals surface area contributed by atoms with Crippen molar-refractivity contribution in [3.8, 4) is 0 Å². The quantitative estimate of drug-likeness (QED) is 0.517. The maximum atomic E-state index is 12.6. The highest BCUT2D eigenvalue weighted by molar-refractivity contribution is 5.88. The van der Waals surface area contributed by atoms with Crippen LogP contribution < -0.4 is 0 Å². The normalized spacial score (nSPS) is 19.0. The van der Waals surface area contributed by atoms with E-state index in [1.807, 2.05) is 60.9 Å². The Morgan fingerprint density at radius 3 is 1.50 bits per heavy atom. The number of nitrogens with zero attached hydrogens (tertiary/aromatic N) is 2. The molecule has 2 aromatic carbocycles. The summed E-state index contributed by atoms with van der Waals surface area (Å²) < 4.78 is 0. The topological polar surface area (TPSA) is 72.2 Å². The molecule has 150 valence electrons. The second kappa shape index (κ2) is 6.91. The molecule has 0 radical (unpaired) electrons. The highest BCUT2D eigenvalue weighted by atomic mass is 16.2. The zero-order chi connectivity index (χ0) is 20.8. The van der Waals surface area contributed by atoms with Crippen molar-refractivity contribution in [2.75, 3.05) is 0 Å². The maximum Gasteiger partial charge on any atom is 0.224 e. The standard InChI is InChI=1S/C24H22N4O2/c1-15(29)27-11-12-28(16(2)30)24(20-14-26-22-10-6-4-8-18(20)22)23(27)19-13-25-21-9-5-3-7-17(19)21/h3-14,23-26H,1-2H3/t23-,24-/m1/s1. The molecular weight excluding hydrogens is 376 g/mol. The fourth-order valence-electron chi connectivity index (χ4n) is 4.55. The number of aromatic amines is 2. The summed E-state index contributed by atoms with van der Waals surface area (Å²) in [5.74, 6) is -0.149. The van der Waals surface area contributed by atoms with E-state index in [4.69, 9.17) is 0 Å². The molecule has 0 spiro atoms. The number of rotatable bonds is 2. The van der Waals surface area contributed by atoms with Gasteiger partial charge < -0.3 is 19.8 Å². The van der Waals surface area contributed by atoms with Gasteiger partial charge in [-0.3, -0.25) is 9.59 Å². The molecule has 3 heterocycles. The largest absolute Gasteiger partial charge is 0.361 e. The van der Waals surface area contributed by atoms with Crippen LogP contribution >= 0.6 is 0 Å². The van der Waals surface area contributed by atoms with Crippen LogP contribution in [-0.4, -0.2) is 31.6 Å². The lowest BCUT2D eigenvalue weighted by Crippen LogP contribution is -2.44. The van der Waals surface area contributed by atoms with E-state index in [9.17, 15) is 9.59 Å². The number of fused-ring (bicyclic) bond motifs is 2. The average molecular weight is 398 g/mol. The summed E-state index contributed by atoms with van der Waals surface area (Å²) in [7, 11) is 0. The minimum absolute atomic E-state index is 0.0745. The van der Waals surface area contributed by atoms with E-state index in [1.165, 1.54) is 0 Å². The Morgan fingerprint density at radius 1 is 0.700 bits per heavy atom. The van der Waals surface area contributed by atoms with Gasteiger partial charge >= 0.3 is 0 Å². The van der Waals surface area contributed by atoms with Crippen LogP contribution in [0.1, 0.15) is 37.1 Å². The van der Waals surface area contributed by atoms with Crippen molar-refractivity contribution in [3.63, 3.8) is 0 Å². The van der Waals surface area contributed by atoms with Gasteiger partial charge in [0.2, 0.25) is 11.8 Å². The van der Waals surface area contributed by atoms with Gasteiger partial charge in [-0.05, 0) is 12.1 Å². The minimum atomic E-state index is -0.369. The zero-order valence-corrected chi connectivity index (χ0v) is 16.8. The Hall–Kier alpha value is -3.80. The van der Waals surface area contributed by atoms with Crippen LogP contribution in [0.5, 0.6) is 0 Å². The van der Waals surface area contributed by atoms with E-state index in [0.29, 0.717) is 0 Å². The predicted molar refractivity (Wildman–Crippen MR) is 116 cm³/mol.